The molecule has 1 aromatic rings. The standard InChI is InChI=1S/C16H21NO3S/c1-21(18,19)12-5-3-11(4-6-12)17-14-13-7-10-20-15(13)16(14)8-2-9-16/h3-6,13-15,17H,2,7-10H2,1H3. The molecule has 3 fully saturated rings. The zero-order valence-corrected chi connectivity index (χ0v) is 13.0. The molecule has 1 spiro atoms. The molecule has 1 aliphatic heterocycles. The fourth-order valence-electron chi connectivity index (χ4n) is 4.43. The van der Waals surface area contributed by atoms with Crippen molar-refractivity contribution in [1.82, 2.24) is 0 Å². The molecule has 1 heterocycles. The second-order valence-electron chi connectivity index (χ2n) is 6.75. The van der Waals surface area contributed by atoms with Gasteiger partial charge >= 0.3 is 0 Å². The SMILES string of the molecule is CS(=O)(=O)c1ccc(NC2C3CCOC3C23CCC3)cc1. The monoisotopic (exact) mass is 307 g/mol. The highest BCUT2D eigenvalue weighted by molar-refractivity contribution is 7.90. The maximum atomic E-state index is 11.5. The van der Waals surface area contributed by atoms with Crippen molar-refractivity contribution >= 4 is 15.5 Å². The Morgan fingerprint density at radius 2 is 1.95 bits per heavy atom. The predicted octanol–water partition coefficient (Wildman–Crippen LogP) is 2.46. The molecule has 3 aliphatic rings. The van der Waals surface area contributed by atoms with Crippen LogP contribution in [0.4, 0.5) is 5.69 Å². The molecule has 0 bridgehead atoms. The van der Waals surface area contributed by atoms with Gasteiger partial charge in [-0.1, -0.05) is 6.42 Å². The highest BCUT2D eigenvalue weighted by atomic mass is 32.2. The van der Waals surface area contributed by atoms with E-state index in [1.165, 1.54) is 25.5 Å². The van der Waals surface area contributed by atoms with Gasteiger partial charge in [0.15, 0.2) is 9.84 Å². The van der Waals surface area contributed by atoms with E-state index in [1.54, 1.807) is 12.1 Å². The van der Waals surface area contributed by atoms with Crippen LogP contribution in [-0.4, -0.2) is 33.4 Å². The number of anilines is 1. The lowest BCUT2D eigenvalue weighted by atomic mass is 9.46. The molecule has 0 aromatic heterocycles. The van der Waals surface area contributed by atoms with Gasteiger partial charge in [0.2, 0.25) is 0 Å². The van der Waals surface area contributed by atoms with Crippen LogP contribution in [0.15, 0.2) is 29.2 Å². The van der Waals surface area contributed by atoms with Crippen molar-refractivity contribution in [2.24, 2.45) is 11.3 Å². The molecular weight excluding hydrogens is 286 g/mol. The fraction of sp³-hybridized carbons (Fsp3) is 0.625. The van der Waals surface area contributed by atoms with E-state index in [2.05, 4.69) is 5.32 Å². The van der Waals surface area contributed by atoms with Crippen molar-refractivity contribution in [1.29, 1.82) is 0 Å². The van der Waals surface area contributed by atoms with Crippen molar-refractivity contribution < 1.29 is 13.2 Å². The third kappa shape index (κ3) is 1.94. The third-order valence-corrected chi connectivity index (χ3v) is 6.77. The van der Waals surface area contributed by atoms with Crippen molar-refractivity contribution in [2.45, 2.75) is 42.7 Å². The fourth-order valence-corrected chi connectivity index (χ4v) is 5.06. The lowest BCUT2D eigenvalue weighted by Crippen LogP contribution is -2.68. The van der Waals surface area contributed by atoms with E-state index in [4.69, 9.17) is 4.74 Å². The molecule has 114 valence electrons. The van der Waals surface area contributed by atoms with Gasteiger partial charge in [-0.25, -0.2) is 8.42 Å². The molecule has 3 unspecified atom stereocenters. The van der Waals surface area contributed by atoms with E-state index in [9.17, 15) is 8.42 Å². The summed E-state index contributed by atoms with van der Waals surface area (Å²) in [6.07, 6.45) is 6.66. The largest absolute Gasteiger partial charge is 0.381 e. The molecule has 2 saturated carbocycles. The molecule has 21 heavy (non-hydrogen) atoms. The Bertz CT molecular complexity index is 649. The average molecular weight is 307 g/mol. The van der Waals surface area contributed by atoms with Crippen molar-refractivity contribution in [3.63, 3.8) is 0 Å². The molecule has 4 nitrogen and oxygen atoms in total. The van der Waals surface area contributed by atoms with Gasteiger partial charge < -0.3 is 10.1 Å². The van der Waals surface area contributed by atoms with Crippen LogP contribution in [-0.2, 0) is 14.6 Å². The van der Waals surface area contributed by atoms with Crippen LogP contribution >= 0.6 is 0 Å². The first-order valence-electron chi connectivity index (χ1n) is 7.69. The van der Waals surface area contributed by atoms with Crippen LogP contribution in [0.2, 0.25) is 0 Å². The summed E-state index contributed by atoms with van der Waals surface area (Å²) >= 11 is 0. The van der Waals surface area contributed by atoms with E-state index < -0.39 is 9.84 Å². The van der Waals surface area contributed by atoms with Crippen molar-refractivity contribution in [2.75, 3.05) is 18.2 Å². The third-order valence-electron chi connectivity index (χ3n) is 5.64. The Hall–Kier alpha value is -1.07. The lowest BCUT2D eigenvalue weighted by Gasteiger charge is -2.63. The van der Waals surface area contributed by atoms with Crippen molar-refractivity contribution in [3.8, 4) is 0 Å². The van der Waals surface area contributed by atoms with Gasteiger partial charge in [-0.2, -0.15) is 0 Å². The van der Waals surface area contributed by atoms with Gasteiger partial charge in [0.1, 0.15) is 0 Å². The first-order chi connectivity index (χ1) is 10.0. The Balaban J connectivity index is 1.53. The van der Waals surface area contributed by atoms with E-state index in [-0.39, 0.29) is 0 Å². The van der Waals surface area contributed by atoms with Crippen LogP contribution in [0.1, 0.15) is 25.7 Å². The summed E-state index contributed by atoms with van der Waals surface area (Å²) in [7, 11) is -3.12. The number of benzene rings is 1. The average Bonchev–Trinajstić information content (AvgIpc) is 2.79. The summed E-state index contributed by atoms with van der Waals surface area (Å²) in [5.74, 6) is 0.625. The van der Waals surface area contributed by atoms with E-state index in [0.717, 1.165) is 18.7 Å². The minimum absolute atomic E-state index is 0.344. The van der Waals surface area contributed by atoms with Gasteiger partial charge in [-0.15, -0.1) is 0 Å². The summed E-state index contributed by atoms with van der Waals surface area (Å²) in [5.41, 5.74) is 1.36. The molecule has 4 rings (SSSR count). The highest BCUT2D eigenvalue weighted by Crippen LogP contribution is 2.63. The molecule has 1 N–H and O–H groups in total. The Morgan fingerprint density at radius 1 is 1.24 bits per heavy atom. The first-order valence-corrected chi connectivity index (χ1v) is 9.58. The minimum Gasteiger partial charge on any atom is -0.381 e. The van der Waals surface area contributed by atoms with E-state index >= 15 is 0 Å². The number of sulfone groups is 1. The molecular formula is C16H21NO3S. The van der Waals surface area contributed by atoms with Crippen LogP contribution in [0.3, 0.4) is 0 Å². The molecule has 0 amide bonds. The van der Waals surface area contributed by atoms with Crippen LogP contribution in [0, 0.1) is 11.3 Å². The Morgan fingerprint density at radius 3 is 2.52 bits per heavy atom. The molecule has 1 saturated heterocycles. The van der Waals surface area contributed by atoms with E-state index in [0.29, 0.717) is 28.4 Å². The normalized spacial score (nSPS) is 33.1. The Labute approximate surface area is 125 Å². The molecule has 2 aliphatic carbocycles. The minimum atomic E-state index is -3.12. The smallest absolute Gasteiger partial charge is 0.175 e. The molecule has 0 radical (unpaired) electrons. The molecule has 5 heteroatoms. The predicted molar refractivity (Wildman–Crippen MR) is 81.1 cm³/mol. The van der Waals surface area contributed by atoms with Crippen LogP contribution < -0.4 is 5.32 Å². The molecule has 3 atom stereocenters. The number of hydrogen-bond donors (Lipinski definition) is 1. The van der Waals surface area contributed by atoms with Gasteiger partial charge in [0, 0.05) is 35.9 Å². The molecule has 1 aromatic carbocycles. The number of rotatable bonds is 3. The zero-order valence-electron chi connectivity index (χ0n) is 12.2. The summed E-state index contributed by atoms with van der Waals surface area (Å²) in [4.78, 5) is 0.377. The quantitative estimate of drug-likeness (QED) is 0.932. The van der Waals surface area contributed by atoms with Gasteiger partial charge in [-0.05, 0) is 43.5 Å². The van der Waals surface area contributed by atoms with Gasteiger partial charge in [0.05, 0.1) is 11.0 Å². The Kier molecular flexibility index (Phi) is 2.89. The highest BCUT2D eigenvalue weighted by Gasteiger charge is 2.66. The van der Waals surface area contributed by atoms with Crippen molar-refractivity contribution in [3.05, 3.63) is 24.3 Å². The summed E-state index contributed by atoms with van der Waals surface area (Å²) in [6, 6.07) is 7.62. The number of hydrogen-bond acceptors (Lipinski definition) is 4. The van der Waals surface area contributed by atoms with Gasteiger partial charge in [0.25, 0.3) is 0 Å². The van der Waals surface area contributed by atoms with E-state index in [1.807, 2.05) is 12.1 Å². The number of fused-ring (bicyclic) bond motifs is 2. The summed E-state index contributed by atoms with van der Waals surface area (Å²) in [5, 5.41) is 3.65. The van der Waals surface area contributed by atoms with Gasteiger partial charge in [-0.3, -0.25) is 0 Å². The second kappa shape index (κ2) is 4.46. The summed E-state index contributed by atoms with van der Waals surface area (Å²) in [6.45, 7) is 0.891. The summed E-state index contributed by atoms with van der Waals surface area (Å²) < 4.78 is 28.9. The zero-order chi connectivity index (χ0) is 14.7. The van der Waals surface area contributed by atoms with Crippen LogP contribution in [0.25, 0.3) is 0 Å². The number of nitrogens with one attached hydrogen (secondary N) is 1. The first kappa shape index (κ1) is 13.6. The lowest BCUT2D eigenvalue weighted by molar-refractivity contribution is -0.158. The second-order valence-corrected chi connectivity index (χ2v) is 8.76. The maximum Gasteiger partial charge on any atom is 0.175 e. The maximum absolute atomic E-state index is 11.5. The number of ether oxygens (including phenoxy) is 1. The topological polar surface area (TPSA) is 55.4 Å². The van der Waals surface area contributed by atoms with Crippen LogP contribution in [0.5, 0.6) is 0 Å².